The Hall–Kier alpha value is -1.25. The van der Waals surface area contributed by atoms with E-state index >= 15 is 0 Å². The van der Waals surface area contributed by atoms with Gasteiger partial charge in [-0.2, -0.15) is 0 Å². The molecular formula is C11H15FN2. The van der Waals surface area contributed by atoms with Crippen LogP contribution in [0.1, 0.15) is 13.3 Å². The van der Waals surface area contributed by atoms with E-state index in [2.05, 4.69) is 12.2 Å². The van der Waals surface area contributed by atoms with Crippen LogP contribution in [0.5, 0.6) is 0 Å². The highest BCUT2D eigenvalue weighted by Crippen LogP contribution is 2.37. The molecule has 1 aliphatic rings. The van der Waals surface area contributed by atoms with Gasteiger partial charge in [0.05, 0.1) is 11.4 Å². The molecule has 0 aliphatic heterocycles. The Balaban J connectivity index is 1.98. The number of rotatable bonds is 3. The second kappa shape index (κ2) is 3.48. The van der Waals surface area contributed by atoms with Gasteiger partial charge in [0.1, 0.15) is 5.82 Å². The highest BCUT2D eigenvalue weighted by molar-refractivity contribution is 5.66. The minimum atomic E-state index is -0.348. The molecule has 0 aromatic heterocycles. The average molecular weight is 194 g/mol. The van der Waals surface area contributed by atoms with Gasteiger partial charge in [-0.15, -0.1) is 0 Å². The van der Waals surface area contributed by atoms with Gasteiger partial charge >= 0.3 is 0 Å². The van der Waals surface area contributed by atoms with Crippen LogP contribution in [0.15, 0.2) is 18.2 Å². The molecular weight excluding hydrogens is 179 g/mol. The maximum Gasteiger partial charge on any atom is 0.148 e. The van der Waals surface area contributed by atoms with Crippen LogP contribution in [-0.2, 0) is 0 Å². The van der Waals surface area contributed by atoms with Gasteiger partial charge in [0.25, 0.3) is 0 Å². The van der Waals surface area contributed by atoms with E-state index in [1.54, 1.807) is 6.07 Å². The molecule has 0 amide bonds. The van der Waals surface area contributed by atoms with Crippen LogP contribution in [-0.4, -0.2) is 6.54 Å². The number of hydrogen-bond acceptors (Lipinski definition) is 2. The summed E-state index contributed by atoms with van der Waals surface area (Å²) in [5, 5.41) is 3.18. The van der Waals surface area contributed by atoms with Gasteiger partial charge in [-0.3, -0.25) is 0 Å². The largest absolute Gasteiger partial charge is 0.395 e. The van der Waals surface area contributed by atoms with E-state index in [9.17, 15) is 4.39 Å². The van der Waals surface area contributed by atoms with Crippen molar-refractivity contribution in [3.8, 4) is 0 Å². The summed E-state index contributed by atoms with van der Waals surface area (Å²) in [4.78, 5) is 0. The molecule has 1 aliphatic carbocycles. The van der Waals surface area contributed by atoms with Crippen molar-refractivity contribution in [2.24, 2.45) is 11.8 Å². The predicted molar refractivity (Wildman–Crippen MR) is 56.6 cm³/mol. The van der Waals surface area contributed by atoms with Crippen molar-refractivity contribution < 1.29 is 4.39 Å². The van der Waals surface area contributed by atoms with Crippen LogP contribution < -0.4 is 11.1 Å². The number of nitrogens with two attached hydrogens (primary N) is 1. The van der Waals surface area contributed by atoms with Gasteiger partial charge in [0.15, 0.2) is 0 Å². The van der Waals surface area contributed by atoms with Gasteiger partial charge in [0, 0.05) is 6.54 Å². The quantitative estimate of drug-likeness (QED) is 0.725. The molecule has 2 nitrogen and oxygen atoms in total. The van der Waals surface area contributed by atoms with Crippen LogP contribution in [0.25, 0.3) is 0 Å². The van der Waals surface area contributed by atoms with Gasteiger partial charge in [-0.1, -0.05) is 13.0 Å². The third-order valence-corrected chi connectivity index (χ3v) is 2.88. The second-order valence-electron chi connectivity index (χ2n) is 4.06. The van der Waals surface area contributed by atoms with E-state index in [-0.39, 0.29) is 11.5 Å². The molecule has 1 aromatic rings. The van der Waals surface area contributed by atoms with E-state index < -0.39 is 0 Å². The number of nitrogens with one attached hydrogen (secondary N) is 1. The zero-order valence-electron chi connectivity index (χ0n) is 8.26. The standard InChI is InChI=1S/C11H15FN2/c1-7-5-8(7)6-14-10-4-2-3-9(12)11(10)13/h2-4,7-8,14H,5-6,13H2,1H3. The number of hydrogen-bond donors (Lipinski definition) is 2. The molecule has 1 fully saturated rings. The van der Waals surface area contributed by atoms with E-state index in [0.717, 1.165) is 18.4 Å². The Labute approximate surface area is 83.3 Å². The Morgan fingerprint density at radius 1 is 1.57 bits per heavy atom. The molecule has 1 saturated carbocycles. The molecule has 0 heterocycles. The monoisotopic (exact) mass is 194 g/mol. The lowest BCUT2D eigenvalue weighted by atomic mass is 10.2. The molecule has 2 atom stereocenters. The zero-order chi connectivity index (χ0) is 10.1. The highest BCUT2D eigenvalue weighted by Gasteiger charge is 2.31. The number of benzene rings is 1. The number of anilines is 2. The van der Waals surface area contributed by atoms with Crippen LogP contribution in [0, 0.1) is 17.7 Å². The van der Waals surface area contributed by atoms with Crippen LogP contribution in [0.3, 0.4) is 0 Å². The Morgan fingerprint density at radius 2 is 2.29 bits per heavy atom. The number of para-hydroxylation sites is 1. The summed E-state index contributed by atoms with van der Waals surface area (Å²) in [6.45, 7) is 3.12. The van der Waals surface area contributed by atoms with Gasteiger partial charge in [-0.05, 0) is 30.4 Å². The lowest BCUT2D eigenvalue weighted by Gasteiger charge is -2.08. The molecule has 3 N–H and O–H groups in total. The van der Waals surface area contributed by atoms with Crippen LogP contribution in [0.4, 0.5) is 15.8 Å². The molecule has 3 heteroatoms. The van der Waals surface area contributed by atoms with Crippen molar-refractivity contribution in [1.82, 2.24) is 0 Å². The van der Waals surface area contributed by atoms with E-state index in [4.69, 9.17) is 5.73 Å². The minimum absolute atomic E-state index is 0.223. The molecule has 0 radical (unpaired) electrons. The van der Waals surface area contributed by atoms with Gasteiger partial charge < -0.3 is 11.1 Å². The number of nitrogen functional groups attached to an aromatic ring is 1. The van der Waals surface area contributed by atoms with E-state index in [1.807, 2.05) is 6.07 Å². The summed E-state index contributed by atoms with van der Waals surface area (Å²) in [5.74, 6) is 1.19. The summed E-state index contributed by atoms with van der Waals surface area (Å²) in [6.07, 6.45) is 1.27. The van der Waals surface area contributed by atoms with Crippen LogP contribution >= 0.6 is 0 Å². The average Bonchev–Trinajstić information content (AvgIpc) is 2.85. The van der Waals surface area contributed by atoms with Gasteiger partial charge in [-0.25, -0.2) is 4.39 Å². The van der Waals surface area contributed by atoms with E-state index in [1.165, 1.54) is 12.5 Å². The summed E-state index contributed by atoms with van der Waals surface area (Å²) in [6, 6.07) is 4.86. The molecule has 2 unspecified atom stereocenters. The normalized spacial score (nSPS) is 24.7. The first-order chi connectivity index (χ1) is 6.68. The smallest absolute Gasteiger partial charge is 0.148 e. The second-order valence-corrected chi connectivity index (χ2v) is 4.06. The van der Waals surface area contributed by atoms with Crippen molar-refractivity contribution >= 4 is 11.4 Å². The fraction of sp³-hybridized carbons (Fsp3) is 0.455. The summed E-state index contributed by atoms with van der Waals surface area (Å²) >= 11 is 0. The summed E-state index contributed by atoms with van der Waals surface area (Å²) in [5.41, 5.74) is 6.52. The number of halogens is 1. The Morgan fingerprint density at radius 3 is 2.93 bits per heavy atom. The lowest BCUT2D eigenvalue weighted by Crippen LogP contribution is -2.07. The van der Waals surface area contributed by atoms with Gasteiger partial charge in [0.2, 0.25) is 0 Å². The third-order valence-electron chi connectivity index (χ3n) is 2.88. The zero-order valence-corrected chi connectivity index (χ0v) is 8.26. The minimum Gasteiger partial charge on any atom is -0.395 e. The molecule has 0 saturated heterocycles. The Kier molecular flexibility index (Phi) is 2.32. The topological polar surface area (TPSA) is 38.0 Å². The van der Waals surface area contributed by atoms with Crippen LogP contribution in [0.2, 0.25) is 0 Å². The van der Waals surface area contributed by atoms with Crippen molar-refractivity contribution in [2.45, 2.75) is 13.3 Å². The van der Waals surface area contributed by atoms with Crippen molar-refractivity contribution in [1.29, 1.82) is 0 Å². The molecule has 76 valence electrons. The van der Waals surface area contributed by atoms with Crippen molar-refractivity contribution in [2.75, 3.05) is 17.6 Å². The molecule has 0 bridgehead atoms. The fourth-order valence-electron chi connectivity index (χ4n) is 1.62. The Bertz CT molecular complexity index is 338. The summed E-state index contributed by atoms with van der Waals surface area (Å²) < 4.78 is 13.0. The third kappa shape index (κ3) is 1.81. The molecule has 0 spiro atoms. The SMILES string of the molecule is CC1CC1CNc1cccc(F)c1N. The first kappa shape index (κ1) is 9.31. The van der Waals surface area contributed by atoms with Crippen molar-refractivity contribution in [3.63, 3.8) is 0 Å². The highest BCUT2D eigenvalue weighted by atomic mass is 19.1. The first-order valence-electron chi connectivity index (χ1n) is 4.96. The summed E-state index contributed by atoms with van der Waals surface area (Å²) in [7, 11) is 0. The molecule has 1 aromatic carbocycles. The molecule has 14 heavy (non-hydrogen) atoms. The first-order valence-corrected chi connectivity index (χ1v) is 4.96. The molecule has 2 rings (SSSR count). The van der Waals surface area contributed by atoms with E-state index in [0.29, 0.717) is 5.69 Å². The predicted octanol–water partition coefficient (Wildman–Crippen LogP) is 2.48. The lowest BCUT2D eigenvalue weighted by molar-refractivity contribution is 0.632. The fourth-order valence-corrected chi connectivity index (χ4v) is 1.62. The van der Waals surface area contributed by atoms with Crippen molar-refractivity contribution in [3.05, 3.63) is 24.0 Å². The maximum absolute atomic E-state index is 13.0. The maximum atomic E-state index is 13.0.